The standard InChI is InChI=1S/C14H25NO5S/c1-11-2-8-14(9-3-11)21(18,19)20-10-12-4-6-13(7-5-12)15(16)17/h11-14H,2-10H2,1H3. The second kappa shape index (κ2) is 7.05. The first-order chi connectivity index (χ1) is 9.88. The molecule has 2 aliphatic carbocycles. The van der Waals surface area contributed by atoms with Gasteiger partial charge in [-0.15, -0.1) is 0 Å². The molecule has 2 fully saturated rings. The van der Waals surface area contributed by atoms with Crippen LogP contribution in [0.5, 0.6) is 0 Å². The molecule has 0 bridgehead atoms. The maximum absolute atomic E-state index is 12.2. The van der Waals surface area contributed by atoms with Crippen molar-refractivity contribution < 1.29 is 17.5 Å². The molecule has 0 aromatic carbocycles. The van der Waals surface area contributed by atoms with E-state index in [1.54, 1.807) is 0 Å². The van der Waals surface area contributed by atoms with E-state index in [-0.39, 0.29) is 22.7 Å². The van der Waals surface area contributed by atoms with Gasteiger partial charge in [0.15, 0.2) is 0 Å². The summed E-state index contributed by atoms with van der Waals surface area (Å²) < 4.78 is 29.6. The SMILES string of the molecule is CC1CCC(S(=O)(=O)OCC2CCC([N+](=O)[O-])CC2)CC1. The smallest absolute Gasteiger partial charge is 0.270 e. The third-order valence-electron chi connectivity index (χ3n) is 4.95. The minimum atomic E-state index is -3.47. The first kappa shape index (κ1) is 16.7. The fraction of sp³-hybridized carbons (Fsp3) is 1.00. The Kier molecular flexibility index (Phi) is 5.60. The Bertz CT molecular complexity index is 448. The van der Waals surface area contributed by atoms with Gasteiger partial charge in [0.25, 0.3) is 10.1 Å². The lowest BCUT2D eigenvalue weighted by Gasteiger charge is -2.27. The zero-order valence-corrected chi connectivity index (χ0v) is 13.4. The minimum Gasteiger partial charge on any atom is -0.270 e. The van der Waals surface area contributed by atoms with Gasteiger partial charge >= 0.3 is 0 Å². The lowest BCUT2D eigenvalue weighted by molar-refractivity contribution is -0.527. The van der Waals surface area contributed by atoms with Crippen LogP contribution in [-0.2, 0) is 14.3 Å². The van der Waals surface area contributed by atoms with Crippen LogP contribution in [0.1, 0.15) is 58.3 Å². The molecule has 122 valence electrons. The van der Waals surface area contributed by atoms with Crippen LogP contribution in [0.15, 0.2) is 0 Å². The van der Waals surface area contributed by atoms with Gasteiger partial charge in [0.05, 0.1) is 11.9 Å². The molecule has 0 heterocycles. The monoisotopic (exact) mass is 319 g/mol. The zero-order chi connectivity index (χ0) is 15.5. The highest BCUT2D eigenvalue weighted by Gasteiger charge is 2.33. The Morgan fingerprint density at radius 2 is 1.62 bits per heavy atom. The highest BCUT2D eigenvalue weighted by Crippen LogP contribution is 2.30. The normalized spacial score (nSPS) is 34.5. The molecular formula is C14H25NO5S. The minimum absolute atomic E-state index is 0.137. The predicted molar refractivity (Wildman–Crippen MR) is 79.0 cm³/mol. The Morgan fingerprint density at radius 3 is 2.14 bits per heavy atom. The molecule has 2 aliphatic rings. The number of rotatable bonds is 5. The van der Waals surface area contributed by atoms with E-state index in [0.717, 1.165) is 12.8 Å². The van der Waals surface area contributed by atoms with E-state index in [1.165, 1.54) is 0 Å². The summed E-state index contributed by atoms with van der Waals surface area (Å²) in [4.78, 5) is 10.5. The highest BCUT2D eigenvalue weighted by molar-refractivity contribution is 7.87. The average molecular weight is 319 g/mol. The van der Waals surface area contributed by atoms with E-state index in [9.17, 15) is 18.5 Å². The summed E-state index contributed by atoms with van der Waals surface area (Å²) in [5, 5.41) is 10.3. The van der Waals surface area contributed by atoms with Crippen LogP contribution < -0.4 is 0 Å². The summed E-state index contributed by atoms with van der Waals surface area (Å²) in [6, 6.07) is -0.460. The maximum Gasteiger partial charge on any atom is 0.270 e. The molecule has 0 aromatic heterocycles. The molecule has 0 atom stereocenters. The van der Waals surface area contributed by atoms with Crippen LogP contribution >= 0.6 is 0 Å². The maximum atomic E-state index is 12.2. The van der Waals surface area contributed by atoms with Crippen LogP contribution in [-0.4, -0.2) is 31.2 Å². The molecule has 0 unspecified atom stereocenters. The van der Waals surface area contributed by atoms with Gasteiger partial charge in [-0.2, -0.15) is 8.42 Å². The molecule has 0 N–H and O–H groups in total. The van der Waals surface area contributed by atoms with Crippen molar-refractivity contribution in [1.82, 2.24) is 0 Å². The van der Waals surface area contributed by atoms with Crippen molar-refractivity contribution in [2.45, 2.75) is 69.6 Å². The molecule has 2 rings (SSSR count). The summed E-state index contributed by atoms with van der Waals surface area (Å²) in [5.41, 5.74) is 0. The molecule has 6 nitrogen and oxygen atoms in total. The van der Waals surface area contributed by atoms with E-state index in [0.29, 0.717) is 44.4 Å². The summed E-state index contributed by atoms with van der Waals surface area (Å²) in [6.45, 7) is 2.34. The third kappa shape index (κ3) is 4.64. The number of nitrogens with zero attached hydrogens (tertiary/aromatic N) is 1. The fourth-order valence-corrected chi connectivity index (χ4v) is 4.75. The lowest BCUT2D eigenvalue weighted by atomic mass is 9.87. The summed E-state index contributed by atoms with van der Waals surface area (Å²) in [6.07, 6.45) is 5.70. The molecule has 2 saturated carbocycles. The molecule has 0 amide bonds. The second-order valence-corrected chi connectivity index (χ2v) is 8.51. The van der Waals surface area contributed by atoms with Crippen LogP contribution in [0, 0.1) is 22.0 Å². The van der Waals surface area contributed by atoms with Gasteiger partial charge < -0.3 is 0 Å². The second-order valence-electron chi connectivity index (χ2n) is 6.62. The van der Waals surface area contributed by atoms with Crippen LogP contribution in [0.25, 0.3) is 0 Å². The molecule has 0 saturated heterocycles. The topological polar surface area (TPSA) is 86.5 Å². The summed E-state index contributed by atoms with van der Waals surface area (Å²) in [5.74, 6) is 0.743. The van der Waals surface area contributed by atoms with E-state index in [1.807, 2.05) is 0 Å². The van der Waals surface area contributed by atoms with Gasteiger partial charge in [-0.1, -0.05) is 6.92 Å². The van der Waals surface area contributed by atoms with Crippen molar-refractivity contribution in [3.05, 3.63) is 10.1 Å². The van der Waals surface area contributed by atoms with Gasteiger partial charge in [-0.05, 0) is 50.4 Å². The van der Waals surface area contributed by atoms with Gasteiger partial charge in [-0.25, -0.2) is 0 Å². The predicted octanol–water partition coefficient (Wildman–Crippen LogP) is 2.75. The highest BCUT2D eigenvalue weighted by atomic mass is 32.2. The third-order valence-corrected chi connectivity index (χ3v) is 6.71. The van der Waals surface area contributed by atoms with Gasteiger partial charge in [0.2, 0.25) is 6.04 Å². The largest absolute Gasteiger partial charge is 0.270 e. The molecular weight excluding hydrogens is 294 g/mol. The van der Waals surface area contributed by atoms with E-state index < -0.39 is 16.2 Å². The first-order valence-electron chi connectivity index (χ1n) is 7.90. The van der Waals surface area contributed by atoms with Gasteiger partial charge in [0, 0.05) is 17.8 Å². The molecule has 0 aromatic rings. The molecule has 0 radical (unpaired) electrons. The Hall–Kier alpha value is -0.690. The molecule has 7 heteroatoms. The quantitative estimate of drug-likeness (QED) is 0.442. The summed E-state index contributed by atoms with van der Waals surface area (Å²) >= 11 is 0. The van der Waals surface area contributed by atoms with Crippen molar-refractivity contribution in [3.63, 3.8) is 0 Å². The lowest BCUT2D eigenvalue weighted by Crippen LogP contribution is -2.31. The number of hydrogen-bond donors (Lipinski definition) is 0. The van der Waals surface area contributed by atoms with Crippen LogP contribution in [0.4, 0.5) is 0 Å². The van der Waals surface area contributed by atoms with Crippen LogP contribution in [0.3, 0.4) is 0 Å². The van der Waals surface area contributed by atoms with Crippen molar-refractivity contribution in [1.29, 1.82) is 0 Å². The zero-order valence-electron chi connectivity index (χ0n) is 12.6. The number of nitro groups is 1. The van der Waals surface area contributed by atoms with E-state index >= 15 is 0 Å². The van der Waals surface area contributed by atoms with E-state index in [4.69, 9.17) is 4.18 Å². The molecule has 0 aliphatic heterocycles. The molecule has 21 heavy (non-hydrogen) atoms. The molecule has 0 spiro atoms. The Morgan fingerprint density at radius 1 is 1.05 bits per heavy atom. The Labute approximate surface area is 126 Å². The number of hydrogen-bond acceptors (Lipinski definition) is 5. The van der Waals surface area contributed by atoms with Crippen LogP contribution in [0.2, 0.25) is 0 Å². The average Bonchev–Trinajstić information content (AvgIpc) is 2.46. The van der Waals surface area contributed by atoms with Gasteiger partial charge in [0.1, 0.15) is 0 Å². The first-order valence-corrected chi connectivity index (χ1v) is 9.37. The fourth-order valence-electron chi connectivity index (χ4n) is 3.33. The van der Waals surface area contributed by atoms with Crippen molar-refractivity contribution in [3.8, 4) is 0 Å². The van der Waals surface area contributed by atoms with Crippen molar-refractivity contribution in [2.24, 2.45) is 11.8 Å². The Balaban J connectivity index is 1.76. The van der Waals surface area contributed by atoms with Gasteiger partial charge in [-0.3, -0.25) is 14.3 Å². The summed E-state index contributed by atoms with van der Waals surface area (Å²) in [7, 11) is -3.47. The van der Waals surface area contributed by atoms with E-state index in [2.05, 4.69) is 6.92 Å². The van der Waals surface area contributed by atoms with Crippen molar-refractivity contribution >= 4 is 10.1 Å². The van der Waals surface area contributed by atoms with Crippen molar-refractivity contribution in [2.75, 3.05) is 6.61 Å².